The Kier molecular flexibility index (Phi) is 3.88. The van der Waals surface area contributed by atoms with Gasteiger partial charge >= 0.3 is 0 Å². The summed E-state index contributed by atoms with van der Waals surface area (Å²) in [7, 11) is 0. The van der Waals surface area contributed by atoms with Crippen molar-refractivity contribution in [1.29, 1.82) is 0 Å². The molecule has 2 heterocycles. The van der Waals surface area contributed by atoms with Gasteiger partial charge in [0.1, 0.15) is 5.82 Å². The molecule has 5 heteroatoms. The van der Waals surface area contributed by atoms with Crippen molar-refractivity contribution >= 4 is 38.6 Å². The summed E-state index contributed by atoms with van der Waals surface area (Å²) >= 11 is 3.55. The van der Waals surface area contributed by atoms with Crippen molar-refractivity contribution in [2.24, 2.45) is 0 Å². The topological polar surface area (TPSA) is 38.1 Å². The van der Waals surface area contributed by atoms with Crippen LogP contribution >= 0.6 is 15.9 Å². The molecule has 3 aromatic rings. The first kappa shape index (κ1) is 15.4. The number of rotatable bonds is 3. The Hall–Kier alpha value is -2.14. The van der Waals surface area contributed by atoms with Gasteiger partial charge in [-0.25, -0.2) is 4.98 Å². The molecule has 2 aromatic carbocycles. The predicted molar refractivity (Wildman–Crippen MR) is 99.3 cm³/mol. The predicted octanol–water partition coefficient (Wildman–Crippen LogP) is 4.34. The van der Waals surface area contributed by atoms with Crippen molar-refractivity contribution in [1.82, 2.24) is 9.55 Å². The Balaban J connectivity index is 1.72. The van der Waals surface area contributed by atoms with E-state index in [0.717, 1.165) is 33.6 Å². The molecule has 122 valence electrons. The molecule has 0 N–H and O–H groups in total. The van der Waals surface area contributed by atoms with Crippen LogP contribution in [0.4, 0.5) is 5.69 Å². The summed E-state index contributed by atoms with van der Waals surface area (Å²) in [6, 6.07) is 16.0. The SMILES string of the molecule is CCn1c(C2CC(=O)N(c3ccccc3Br)C2)nc2ccccc21. The third kappa shape index (κ3) is 2.44. The number of halogens is 1. The van der Waals surface area contributed by atoms with Gasteiger partial charge in [-0.05, 0) is 47.1 Å². The fourth-order valence-corrected chi connectivity index (χ4v) is 4.02. The van der Waals surface area contributed by atoms with E-state index in [2.05, 4.69) is 33.5 Å². The smallest absolute Gasteiger partial charge is 0.227 e. The third-order valence-corrected chi connectivity index (χ3v) is 5.30. The van der Waals surface area contributed by atoms with Gasteiger partial charge in [0.05, 0.1) is 16.7 Å². The minimum atomic E-state index is 0.122. The van der Waals surface area contributed by atoms with Gasteiger partial charge in [0, 0.05) is 29.9 Å². The number of aromatic nitrogens is 2. The van der Waals surface area contributed by atoms with Crippen molar-refractivity contribution in [2.45, 2.75) is 25.8 Å². The number of fused-ring (bicyclic) bond motifs is 1. The molecule has 0 bridgehead atoms. The molecule has 1 aromatic heterocycles. The largest absolute Gasteiger partial charge is 0.328 e. The van der Waals surface area contributed by atoms with Gasteiger partial charge in [-0.3, -0.25) is 4.79 Å². The minimum absolute atomic E-state index is 0.122. The van der Waals surface area contributed by atoms with Crippen LogP contribution in [-0.2, 0) is 11.3 Å². The number of amides is 1. The number of aryl methyl sites for hydroxylation is 1. The quantitative estimate of drug-likeness (QED) is 0.674. The number of benzene rings is 2. The molecule has 4 nitrogen and oxygen atoms in total. The summed E-state index contributed by atoms with van der Waals surface area (Å²) < 4.78 is 3.18. The van der Waals surface area contributed by atoms with E-state index in [1.807, 2.05) is 47.4 Å². The fraction of sp³-hybridized carbons (Fsp3) is 0.263. The molecule has 1 aliphatic heterocycles. The maximum absolute atomic E-state index is 12.6. The highest BCUT2D eigenvalue weighted by molar-refractivity contribution is 9.10. The molecule has 24 heavy (non-hydrogen) atoms. The summed E-state index contributed by atoms with van der Waals surface area (Å²) in [5.74, 6) is 1.29. The van der Waals surface area contributed by atoms with Crippen molar-refractivity contribution in [2.75, 3.05) is 11.4 Å². The van der Waals surface area contributed by atoms with Gasteiger partial charge in [0.25, 0.3) is 0 Å². The molecule has 4 rings (SSSR count). The van der Waals surface area contributed by atoms with E-state index in [4.69, 9.17) is 4.98 Å². The van der Waals surface area contributed by atoms with Crippen LogP contribution in [0, 0.1) is 0 Å². The van der Waals surface area contributed by atoms with E-state index < -0.39 is 0 Å². The zero-order chi connectivity index (χ0) is 16.7. The van der Waals surface area contributed by atoms with Crippen LogP contribution in [0.5, 0.6) is 0 Å². The number of hydrogen-bond donors (Lipinski definition) is 0. The lowest BCUT2D eigenvalue weighted by molar-refractivity contribution is -0.117. The number of para-hydroxylation sites is 3. The zero-order valence-corrected chi connectivity index (χ0v) is 15.0. The first-order chi connectivity index (χ1) is 11.7. The molecule has 1 unspecified atom stereocenters. The summed E-state index contributed by atoms with van der Waals surface area (Å²) in [6.07, 6.45) is 0.505. The van der Waals surface area contributed by atoms with E-state index in [0.29, 0.717) is 13.0 Å². The molecule has 1 fully saturated rings. The van der Waals surface area contributed by atoms with Crippen LogP contribution in [0.1, 0.15) is 25.1 Å². The zero-order valence-electron chi connectivity index (χ0n) is 13.4. The maximum Gasteiger partial charge on any atom is 0.227 e. The highest BCUT2D eigenvalue weighted by Gasteiger charge is 2.35. The van der Waals surface area contributed by atoms with Crippen molar-refractivity contribution in [3.8, 4) is 0 Å². The number of carbonyl (C=O) groups excluding carboxylic acids is 1. The minimum Gasteiger partial charge on any atom is -0.328 e. The highest BCUT2D eigenvalue weighted by atomic mass is 79.9. The lowest BCUT2D eigenvalue weighted by atomic mass is 10.1. The summed E-state index contributed by atoms with van der Waals surface area (Å²) in [5.41, 5.74) is 3.08. The number of nitrogens with zero attached hydrogens (tertiary/aromatic N) is 3. The number of carbonyl (C=O) groups is 1. The van der Waals surface area contributed by atoms with E-state index in [-0.39, 0.29) is 11.8 Å². The number of imidazole rings is 1. The van der Waals surface area contributed by atoms with Crippen LogP contribution in [0.15, 0.2) is 53.0 Å². The molecule has 0 saturated carbocycles. The van der Waals surface area contributed by atoms with Crippen LogP contribution < -0.4 is 4.90 Å². The Labute approximate surface area is 149 Å². The summed E-state index contributed by atoms with van der Waals surface area (Å²) in [6.45, 7) is 3.65. The van der Waals surface area contributed by atoms with Gasteiger partial charge in [-0.1, -0.05) is 24.3 Å². The van der Waals surface area contributed by atoms with Gasteiger partial charge in [0.15, 0.2) is 0 Å². The monoisotopic (exact) mass is 383 g/mol. The molecule has 0 spiro atoms. The second-order valence-corrected chi connectivity index (χ2v) is 6.91. The van der Waals surface area contributed by atoms with Gasteiger partial charge in [-0.2, -0.15) is 0 Å². The first-order valence-electron chi connectivity index (χ1n) is 8.19. The highest BCUT2D eigenvalue weighted by Crippen LogP contribution is 2.35. The lowest BCUT2D eigenvalue weighted by Crippen LogP contribution is -2.24. The normalized spacial score (nSPS) is 17.8. The molecule has 1 amide bonds. The molecular weight excluding hydrogens is 366 g/mol. The molecule has 0 aliphatic carbocycles. The van der Waals surface area contributed by atoms with Gasteiger partial charge in [0.2, 0.25) is 5.91 Å². The van der Waals surface area contributed by atoms with Crippen molar-refractivity contribution in [3.63, 3.8) is 0 Å². The Morgan fingerprint density at radius 2 is 1.92 bits per heavy atom. The van der Waals surface area contributed by atoms with Gasteiger partial charge in [-0.15, -0.1) is 0 Å². The number of anilines is 1. The third-order valence-electron chi connectivity index (χ3n) is 4.63. The molecule has 1 aliphatic rings. The second-order valence-electron chi connectivity index (χ2n) is 6.06. The van der Waals surface area contributed by atoms with E-state index in [1.54, 1.807) is 0 Å². The average Bonchev–Trinajstić information content (AvgIpc) is 3.15. The van der Waals surface area contributed by atoms with Crippen LogP contribution in [0.2, 0.25) is 0 Å². The van der Waals surface area contributed by atoms with E-state index >= 15 is 0 Å². The maximum atomic E-state index is 12.6. The Morgan fingerprint density at radius 3 is 2.71 bits per heavy atom. The van der Waals surface area contributed by atoms with E-state index in [1.165, 1.54) is 0 Å². The summed E-state index contributed by atoms with van der Waals surface area (Å²) in [4.78, 5) is 19.3. The fourth-order valence-electron chi connectivity index (χ4n) is 3.52. The summed E-state index contributed by atoms with van der Waals surface area (Å²) in [5, 5.41) is 0. The van der Waals surface area contributed by atoms with Gasteiger partial charge < -0.3 is 9.47 Å². The van der Waals surface area contributed by atoms with Crippen molar-refractivity contribution < 1.29 is 4.79 Å². The first-order valence-corrected chi connectivity index (χ1v) is 8.98. The van der Waals surface area contributed by atoms with Crippen LogP contribution in [0.25, 0.3) is 11.0 Å². The van der Waals surface area contributed by atoms with Crippen LogP contribution in [-0.4, -0.2) is 22.0 Å². The van der Waals surface area contributed by atoms with Crippen LogP contribution in [0.3, 0.4) is 0 Å². The Morgan fingerprint density at radius 1 is 1.17 bits per heavy atom. The molecule has 0 radical (unpaired) electrons. The van der Waals surface area contributed by atoms with E-state index in [9.17, 15) is 4.79 Å². The van der Waals surface area contributed by atoms with Crippen molar-refractivity contribution in [3.05, 3.63) is 58.8 Å². The second kappa shape index (κ2) is 6.06. The molecule has 1 atom stereocenters. The molecule has 1 saturated heterocycles. The Bertz CT molecular complexity index is 918. The number of hydrogen-bond acceptors (Lipinski definition) is 2. The lowest BCUT2D eigenvalue weighted by Gasteiger charge is -2.18. The average molecular weight is 384 g/mol. The standard InChI is InChI=1S/C19H18BrN3O/c1-2-22-17-10-6-4-8-15(17)21-19(22)13-11-18(24)23(12-13)16-9-5-3-7-14(16)20/h3-10,13H,2,11-12H2,1H3. The molecular formula is C19H18BrN3O.